The van der Waals surface area contributed by atoms with Crippen LogP contribution in [-0.2, 0) is 30.6 Å². The quantitative estimate of drug-likeness (QED) is 0.290. The number of amides is 3. The lowest BCUT2D eigenvalue weighted by Crippen LogP contribution is -2.44. The molecule has 1 aliphatic rings. The summed E-state index contributed by atoms with van der Waals surface area (Å²) in [4.78, 5) is 56.6. The fourth-order valence-electron chi connectivity index (χ4n) is 4.63. The summed E-state index contributed by atoms with van der Waals surface area (Å²) in [5, 5.41) is 3.03. The van der Waals surface area contributed by atoms with Crippen molar-refractivity contribution in [2.24, 2.45) is 4.36 Å². The van der Waals surface area contributed by atoms with Crippen LogP contribution in [0.1, 0.15) is 44.5 Å². The maximum absolute atomic E-state index is 14.5. The van der Waals surface area contributed by atoms with Gasteiger partial charge in [0.05, 0.1) is 16.3 Å². The van der Waals surface area contributed by atoms with Crippen LogP contribution in [0.15, 0.2) is 56.5 Å². The summed E-state index contributed by atoms with van der Waals surface area (Å²) < 4.78 is 38.8. The number of alkyl halides is 1. The van der Waals surface area contributed by atoms with Gasteiger partial charge in [0.15, 0.2) is 5.78 Å². The molecule has 1 fully saturated rings. The summed E-state index contributed by atoms with van der Waals surface area (Å²) in [6.07, 6.45) is 0.258. The van der Waals surface area contributed by atoms with Gasteiger partial charge in [0.25, 0.3) is 0 Å². The Bertz CT molecular complexity index is 1710. The Hall–Kier alpha value is -3.65. The first-order valence-corrected chi connectivity index (χ1v) is 15.7. The number of carbonyl (C=O) groups excluding carboxylic acids is 4. The molecule has 3 amide bonds. The smallest absolute Gasteiger partial charge is 0.442 e. The number of fused-ring (bicyclic) bond motifs is 1. The van der Waals surface area contributed by atoms with Crippen LogP contribution in [0.25, 0.3) is 10.9 Å². The number of ether oxygens (including phenoxy) is 1. The Labute approximate surface area is 251 Å². The second-order valence-corrected chi connectivity index (χ2v) is 14.1. The van der Waals surface area contributed by atoms with Crippen LogP contribution in [0.5, 0.6) is 0 Å². The van der Waals surface area contributed by atoms with E-state index >= 15 is 0 Å². The molecule has 1 saturated heterocycles. The molecule has 1 unspecified atom stereocenters. The largest absolute Gasteiger partial charge is 0.442 e. The van der Waals surface area contributed by atoms with Gasteiger partial charge in [-0.05, 0) is 74.0 Å². The third kappa shape index (κ3) is 7.21. The summed E-state index contributed by atoms with van der Waals surface area (Å²) in [6, 6.07) is 8.47. The number of nitrogens with one attached hydrogen (secondary N) is 1. The molecule has 0 spiro atoms. The van der Waals surface area contributed by atoms with Crippen molar-refractivity contribution < 1.29 is 32.5 Å². The molecular formula is C28H31BrFN5O6S. The van der Waals surface area contributed by atoms with Crippen molar-refractivity contribution in [3.63, 3.8) is 0 Å². The highest BCUT2D eigenvalue weighted by Crippen LogP contribution is 2.28. The van der Waals surface area contributed by atoms with Gasteiger partial charge < -0.3 is 19.5 Å². The molecule has 1 aromatic carbocycles. The van der Waals surface area contributed by atoms with Crippen molar-refractivity contribution in [2.45, 2.75) is 63.4 Å². The molecule has 11 nitrogen and oxygen atoms in total. The molecule has 4 rings (SSSR count). The highest BCUT2D eigenvalue weighted by atomic mass is 79.9. The van der Waals surface area contributed by atoms with Gasteiger partial charge in [-0.3, -0.25) is 14.4 Å². The van der Waals surface area contributed by atoms with Crippen molar-refractivity contribution in [2.75, 3.05) is 18.1 Å². The topological polar surface area (TPSA) is 140 Å². The lowest BCUT2D eigenvalue weighted by atomic mass is 10.1. The lowest BCUT2D eigenvalue weighted by molar-refractivity contribution is -0.137. The molecule has 224 valence electrons. The highest BCUT2D eigenvalue weighted by Gasteiger charge is 2.40. The molecule has 1 aliphatic heterocycles. The average Bonchev–Trinajstić information content (AvgIpc) is 3.43. The van der Waals surface area contributed by atoms with Crippen LogP contribution >= 0.6 is 15.9 Å². The van der Waals surface area contributed by atoms with E-state index in [4.69, 9.17) is 4.74 Å². The standard InChI is InChI=1S/C28H31BrFN5O6S/c1-16(36)20-14-34(21-10-9-18(12-19(20)21)42(5,40)33-27(39)41-28(2,3)4)15-25(37)35-13-17(30)11-22(35)26(38)32-24-8-6-7-23(29)31-24/h6-10,12,14,17,22H,11,13,15H2,1-5H3,(H,31,32,38)/t17-,22+,42?/m1/s1. The van der Waals surface area contributed by atoms with Crippen molar-refractivity contribution in [3.05, 3.63) is 52.8 Å². The predicted molar refractivity (Wildman–Crippen MR) is 159 cm³/mol. The van der Waals surface area contributed by atoms with E-state index in [0.29, 0.717) is 15.5 Å². The van der Waals surface area contributed by atoms with Gasteiger partial charge in [0, 0.05) is 40.2 Å². The van der Waals surface area contributed by atoms with E-state index in [-0.39, 0.29) is 41.6 Å². The number of nitrogens with zero attached hydrogens (tertiary/aromatic N) is 4. The van der Waals surface area contributed by atoms with Gasteiger partial charge in [-0.15, -0.1) is 4.36 Å². The van der Waals surface area contributed by atoms with Crippen LogP contribution < -0.4 is 5.32 Å². The fourth-order valence-corrected chi connectivity index (χ4v) is 6.06. The molecule has 2 aromatic heterocycles. The van der Waals surface area contributed by atoms with Crippen LogP contribution in [0, 0.1) is 0 Å². The highest BCUT2D eigenvalue weighted by molar-refractivity contribution is 9.10. The van der Waals surface area contributed by atoms with Crippen LogP contribution in [-0.4, -0.2) is 73.0 Å². The maximum atomic E-state index is 14.5. The van der Waals surface area contributed by atoms with Gasteiger partial charge in [-0.2, -0.15) is 0 Å². The van der Waals surface area contributed by atoms with E-state index in [1.54, 1.807) is 45.0 Å². The first-order chi connectivity index (χ1) is 19.5. The van der Waals surface area contributed by atoms with Crippen LogP contribution in [0.3, 0.4) is 0 Å². The number of anilines is 1. The molecule has 0 saturated carbocycles. The number of pyridine rings is 1. The number of carbonyl (C=O) groups is 4. The second-order valence-electron chi connectivity index (χ2n) is 11.0. The summed E-state index contributed by atoms with van der Waals surface area (Å²) in [7, 11) is -3.23. The second kappa shape index (κ2) is 11.9. The van der Waals surface area contributed by atoms with Gasteiger partial charge in [0.1, 0.15) is 34.8 Å². The molecular weight excluding hydrogens is 633 g/mol. The Morgan fingerprint density at radius 3 is 2.57 bits per heavy atom. The zero-order valence-electron chi connectivity index (χ0n) is 23.7. The Morgan fingerprint density at radius 2 is 1.93 bits per heavy atom. The zero-order valence-corrected chi connectivity index (χ0v) is 26.1. The molecule has 42 heavy (non-hydrogen) atoms. The third-order valence-electron chi connectivity index (χ3n) is 6.46. The molecule has 0 radical (unpaired) electrons. The number of ketones is 1. The molecule has 3 heterocycles. The number of aromatic nitrogens is 2. The fraction of sp³-hybridized carbons (Fsp3) is 0.393. The third-order valence-corrected chi connectivity index (χ3v) is 8.52. The zero-order chi connectivity index (χ0) is 31.0. The number of hydrogen-bond acceptors (Lipinski definition) is 7. The van der Waals surface area contributed by atoms with E-state index < -0.39 is 45.5 Å². The Balaban J connectivity index is 1.62. The normalized spacial score (nSPS) is 18.4. The summed E-state index contributed by atoms with van der Waals surface area (Å²) in [5.74, 6) is -1.13. The minimum Gasteiger partial charge on any atom is -0.442 e. The van der Waals surface area contributed by atoms with Crippen molar-refractivity contribution in [1.82, 2.24) is 14.5 Å². The summed E-state index contributed by atoms with van der Waals surface area (Å²) in [6.45, 7) is 5.81. The van der Waals surface area contributed by atoms with E-state index in [1.807, 2.05) is 0 Å². The predicted octanol–water partition coefficient (Wildman–Crippen LogP) is 4.97. The van der Waals surface area contributed by atoms with Crippen LogP contribution in [0.2, 0.25) is 0 Å². The molecule has 14 heteroatoms. The minimum absolute atomic E-state index is 0.161. The van der Waals surface area contributed by atoms with Crippen molar-refractivity contribution in [1.29, 1.82) is 0 Å². The molecule has 0 aliphatic carbocycles. The lowest BCUT2D eigenvalue weighted by Gasteiger charge is -2.24. The Morgan fingerprint density at radius 1 is 1.21 bits per heavy atom. The minimum atomic E-state index is -3.23. The first-order valence-electron chi connectivity index (χ1n) is 13.0. The van der Waals surface area contributed by atoms with Gasteiger partial charge in [-0.1, -0.05) is 6.07 Å². The Kier molecular flexibility index (Phi) is 8.88. The number of benzene rings is 1. The van der Waals surface area contributed by atoms with Gasteiger partial charge in [0.2, 0.25) is 11.8 Å². The van der Waals surface area contributed by atoms with E-state index in [2.05, 4.69) is 30.6 Å². The number of likely N-dealkylation sites (tertiary alicyclic amines) is 1. The first kappa shape index (κ1) is 31.3. The number of hydrogen-bond donors (Lipinski definition) is 1. The van der Waals surface area contributed by atoms with Crippen LogP contribution in [0.4, 0.5) is 15.0 Å². The number of rotatable bonds is 6. The number of Topliss-reactive ketones (excluding diaryl/α,β-unsaturated/α-hetero) is 1. The van der Waals surface area contributed by atoms with E-state index in [9.17, 15) is 27.8 Å². The van der Waals surface area contributed by atoms with Crippen molar-refractivity contribution in [3.8, 4) is 0 Å². The molecule has 1 N–H and O–H groups in total. The average molecular weight is 665 g/mol. The summed E-state index contributed by atoms with van der Waals surface area (Å²) in [5.41, 5.74) is -0.0923. The van der Waals surface area contributed by atoms with Gasteiger partial charge >= 0.3 is 6.09 Å². The molecule has 3 aromatic rings. The van der Waals surface area contributed by atoms with Crippen molar-refractivity contribution >= 4 is 66.1 Å². The monoisotopic (exact) mass is 663 g/mol. The SMILES string of the molecule is CC(=O)c1cn(CC(=O)N2C[C@H](F)C[C@H]2C(=O)Nc2cccc(Br)n2)c2ccc(S(C)(=O)=NC(=O)OC(C)(C)C)cc12. The summed E-state index contributed by atoms with van der Waals surface area (Å²) >= 11 is 3.23. The van der Waals surface area contributed by atoms with Gasteiger partial charge in [-0.25, -0.2) is 18.4 Å². The molecule has 0 bridgehead atoms. The van der Waals surface area contributed by atoms with E-state index in [0.717, 1.165) is 0 Å². The van der Waals surface area contributed by atoms with E-state index in [1.165, 1.54) is 41.0 Å². The number of halogens is 2. The maximum Gasteiger partial charge on any atom is 0.442 e. The molecule has 3 atom stereocenters.